The molecule has 0 unspecified atom stereocenters. The maximum absolute atomic E-state index is 11.4. The lowest BCUT2D eigenvalue weighted by atomic mass is 10.3. The minimum absolute atomic E-state index is 0.0301. The van der Waals surface area contributed by atoms with Crippen molar-refractivity contribution in [3.63, 3.8) is 0 Å². The molecule has 0 bridgehead atoms. The van der Waals surface area contributed by atoms with Crippen LogP contribution in [0.4, 0.5) is 4.79 Å². The third-order valence-corrected chi connectivity index (χ3v) is 2.52. The number of para-hydroxylation sites is 1. The van der Waals surface area contributed by atoms with Crippen molar-refractivity contribution in [2.24, 2.45) is 0 Å². The zero-order valence-electron chi connectivity index (χ0n) is 10.0. The molecule has 0 radical (unpaired) electrons. The quantitative estimate of drug-likeness (QED) is 0.828. The maximum atomic E-state index is 11.4. The molecule has 1 aliphatic rings. The summed E-state index contributed by atoms with van der Waals surface area (Å²) >= 11 is 0. The van der Waals surface area contributed by atoms with Crippen molar-refractivity contribution in [1.29, 1.82) is 0 Å². The minimum Gasteiger partial charge on any atom is -0.410 e. The van der Waals surface area contributed by atoms with Gasteiger partial charge < -0.3 is 15.4 Å². The highest BCUT2D eigenvalue weighted by Gasteiger charge is 2.22. The number of hydrogen-bond acceptors (Lipinski definition) is 3. The predicted octanol–water partition coefficient (Wildman–Crippen LogP) is 1.44. The Morgan fingerprint density at radius 1 is 1.22 bits per heavy atom. The Balaban J connectivity index is 1.61. The number of carbonyl (C=O) groups excluding carboxylic acids is 2. The summed E-state index contributed by atoms with van der Waals surface area (Å²) < 4.78 is 5.01. The lowest BCUT2D eigenvalue weighted by Crippen LogP contribution is -2.33. The molecule has 0 spiro atoms. The van der Waals surface area contributed by atoms with Gasteiger partial charge in [0.25, 0.3) is 0 Å². The highest BCUT2D eigenvalue weighted by molar-refractivity contribution is 5.77. The molecule has 0 heterocycles. The molecule has 18 heavy (non-hydrogen) atoms. The second kappa shape index (κ2) is 6.05. The zero-order chi connectivity index (χ0) is 12.8. The fourth-order valence-corrected chi connectivity index (χ4v) is 1.44. The molecule has 1 aliphatic carbocycles. The van der Waals surface area contributed by atoms with Crippen molar-refractivity contribution in [1.82, 2.24) is 10.6 Å². The number of hydrogen-bond donors (Lipinski definition) is 2. The van der Waals surface area contributed by atoms with Crippen LogP contribution >= 0.6 is 0 Å². The van der Waals surface area contributed by atoms with Crippen LogP contribution in [0, 0.1) is 0 Å². The van der Waals surface area contributed by atoms with Crippen molar-refractivity contribution < 1.29 is 14.3 Å². The zero-order valence-corrected chi connectivity index (χ0v) is 10.0. The normalized spacial score (nSPS) is 13.8. The Morgan fingerprint density at radius 2 is 1.94 bits per heavy atom. The molecule has 5 nitrogen and oxygen atoms in total. The standard InChI is InChI=1S/C13H16N2O3/c16-12(15-10-6-7-10)8-9-14-13(17)18-11-4-2-1-3-5-11/h1-5,10H,6-9H2,(H,14,17)(H,15,16). The molecule has 2 rings (SSSR count). The molecular weight excluding hydrogens is 232 g/mol. The van der Waals surface area contributed by atoms with Gasteiger partial charge in [-0.1, -0.05) is 18.2 Å². The van der Waals surface area contributed by atoms with E-state index in [-0.39, 0.29) is 18.9 Å². The summed E-state index contributed by atoms with van der Waals surface area (Å²) in [5.74, 6) is 0.454. The van der Waals surface area contributed by atoms with Crippen molar-refractivity contribution in [2.75, 3.05) is 6.54 Å². The summed E-state index contributed by atoms with van der Waals surface area (Å²) in [4.78, 5) is 22.7. The summed E-state index contributed by atoms with van der Waals surface area (Å²) in [6, 6.07) is 9.15. The molecule has 1 aromatic carbocycles. The van der Waals surface area contributed by atoms with Crippen LogP contribution < -0.4 is 15.4 Å². The van der Waals surface area contributed by atoms with Gasteiger partial charge in [-0.25, -0.2) is 4.79 Å². The van der Waals surface area contributed by atoms with Crippen LogP contribution in [0.3, 0.4) is 0 Å². The van der Waals surface area contributed by atoms with E-state index >= 15 is 0 Å². The van der Waals surface area contributed by atoms with Gasteiger partial charge in [-0.3, -0.25) is 4.79 Å². The van der Waals surface area contributed by atoms with Gasteiger partial charge in [-0.05, 0) is 25.0 Å². The predicted molar refractivity (Wildman–Crippen MR) is 66.3 cm³/mol. The Bertz CT molecular complexity index is 416. The number of ether oxygens (including phenoxy) is 1. The number of nitrogens with one attached hydrogen (secondary N) is 2. The molecule has 96 valence electrons. The molecule has 2 N–H and O–H groups in total. The number of benzene rings is 1. The largest absolute Gasteiger partial charge is 0.412 e. The summed E-state index contributed by atoms with van der Waals surface area (Å²) in [7, 11) is 0. The van der Waals surface area contributed by atoms with Gasteiger partial charge in [0.2, 0.25) is 5.91 Å². The molecule has 2 amide bonds. The molecule has 0 aliphatic heterocycles. The summed E-state index contributed by atoms with van der Waals surface area (Å²) in [6.07, 6.45) is 1.87. The fraction of sp³-hybridized carbons (Fsp3) is 0.385. The van der Waals surface area contributed by atoms with E-state index in [1.54, 1.807) is 24.3 Å². The van der Waals surface area contributed by atoms with E-state index in [1.165, 1.54) is 0 Å². The van der Waals surface area contributed by atoms with E-state index in [9.17, 15) is 9.59 Å². The second-order valence-electron chi connectivity index (χ2n) is 4.22. The molecule has 0 aromatic heterocycles. The van der Waals surface area contributed by atoms with E-state index in [4.69, 9.17) is 4.74 Å². The smallest absolute Gasteiger partial charge is 0.410 e. The van der Waals surface area contributed by atoms with Crippen molar-refractivity contribution in [3.8, 4) is 5.75 Å². The van der Waals surface area contributed by atoms with Crippen LogP contribution in [-0.2, 0) is 4.79 Å². The van der Waals surface area contributed by atoms with E-state index in [2.05, 4.69) is 10.6 Å². The number of amides is 2. The van der Waals surface area contributed by atoms with E-state index in [1.807, 2.05) is 6.07 Å². The van der Waals surface area contributed by atoms with Crippen LogP contribution in [0.2, 0.25) is 0 Å². The molecular formula is C13H16N2O3. The lowest BCUT2D eigenvalue weighted by Gasteiger charge is -2.06. The van der Waals surface area contributed by atoms with Crippen LogP contribution in [-0.4, -0.2) is 24.6 Å². The highest BCUT2D eigenvalue weighted by atomic mass is 16.6. The Labute approximate surface area is 106 Å². The first-order chi connectivity index (χ1) is 8.74. The third kappa shape index (κ3) is 4.45. The molecule has 1 fully saturated rings. The Morgan fingerprint density at radius 3 is 2.61 bits per heavy atom. The van der Waals surface area contributed by atoms with E-state index < -0.39 is 6.09 Å². The van der Waals surface area contributed by atoms with Crippen molar-refractivity contribution in [3.05, 3.63) is 30.3 Å². The van der Waals surface area contributed by atoms with Gasteiger partial charge >= 0.3 is 6.09 Å². The third-order valence-electron chi connectivity index (χ3n) is 2.52. The molecule has 0 atom stereocenters. The summed E-state index contributed by atoms with van der Waals surface area (Å²) in [5.41, 5.74) is 0. The van der Waals surface area contributed by atoms with Gasteiger partial charge in [-0.15, -0.1) is 0 Å². The van der Waals surface area contributed by atoms with Gasteiger partial charge in [0, 0.05) is 19.0 Å². The van der Waals surface area contributed by atoms with Crippen LogP contribution in [0.5, 0.6) is 5.75 Å². The van der Waals surface area contributed by atoms with Crippen molar-refractivity contribution in [2.45, 2.75) is 25.3 Å². The molecule has 0 saturated heterocycles. The molecule has 5 heteroatoms. The van der Waals surface area contributed by atoms with Gasteiger partial charge in [-0.2, -0.15) is 0 Å². The summed E-state index contributed by atoms with van der Waals surface area (Å²) in [6.45, 7) is 0.282. The maximum Gasteiger partial charge on any atom is 0.412 e. The molecule has 1 saturated carbocycles. The first-order valence-corrected chi connectivity index (χ1v) is 6.04. The Hall–Kier alpha value is -2.04. The van der Waals surface area contributed by atoms with Crippen LogP contribution in [0.25, 0.3) is 0 Å². The first-order valence-electron chi connectivity index (χ1n) is 6.04. The average molecular weight is 248 g/mol. The van der Waals surface area contributed by atoms with Gasteiger partial charge in [0.15, 0.2) is 0 Å². The van der Waals surface area contributed by atoms with E-state index in [0.29, 0.717) is 11.8 Å². The van der Waals surface area contributed by atoms with E-state index in [0.717, 1.165) is 12.8 Å². The first kappa shape index (κ1) is 12.4. The Kier molecular flexibility index (Phi) is 4.17. The number of rotatable bonds is 5. The highest BCUT2D eigenvalue weighted by Crippen LogP contribution is 2.18. The minimum atomic E-state index is -0.541. The lowest BCUT2D eigenvalue weighted by molar-refractivity contribution is -0.121. The summed E-state index contributed by atoms with van der Waals surface area (Å²) in [5, 5.41) is 5.38. The van der Waals surface area contributed by atoms with Crippen LogP contribution in [0.15, 0.2) is 30.3 Å². The van der Waals surface area contributed by atoms with Gasteiger partial charge in [0.1, 0.15) is 5.75 Å². The topological polar surface area (TPSA) is 67.4 Å². The van der Waals surface area contributed by atoms with Crippen LogP contribution in [0.1, 0.15) is 19.3 Å². The number of carbonyl (C=O) groups is 2. The monoisotopic (exact) mass is 248 g/mol. The second-order valence-corrected chi connectivity index (χ2v) is 4.22. The van der Waals surface area contributed by atoms with Crippen molar-refractivity contribution >= 4 is 12.0 Å². The molecule has 1 aromatic rings. The SMILES string of the molecule is O=C(CCNC(=O)Oc1ccccc1)NC1CC1. The van der Waals surface area contributed by atoms with Gasteiger partial charge in [0.05, 0.1) is 0 Å². The fourth-order valence-electron chi connectivity index (χ4n) is 1.44. The average Bonchev–Trinajstić information content (AvgIpc) is 3.14.